The summed E-state index contributed by atoms with van der Waals surface area (Å²) in [6.07, 6.45) is 0.916. The van der Waals surface area contributed by atoms with Crippen LogP contribution in [0.1, 0.15) is 39.1 Å². The van der Waals surface area contributed by atoms with Crippen molar-refractivity contribution < 1.29 is 4.79 Å². The lowest BCUT2D eigenvalue weighted by atomic mass is 10.1. The van der Waals surface area contributed by atoms with Gasteiger partial charge in [-0.3, -0.25) is 4.79 Å². The van der Waals surface area contributed by atoms with Crippen LogP contribution in [-0.4, -0.2) is 10.9 Å². The number of thiazole rings is 1. The first-order valence-electron chi connectivity index (χ1n) is 6.44. The predicted octanol–water partition coefficient (Wildman–Crippen LogP) is 4.29. The highest BCUT2D eigenvalue weighted by molar-refractivity contribution is 7.16. The molecule has 0 aliphatic rings. The molecule has 2 aromatic heterocycles. The van der Waals surface area contributed by atoms with E-state index < -0.39 is 0 Å². The second-order valence-electron chi connectivity index (χ2n) is 5.01. The number of halogens is 1. The molecule has 1 N–H and O–H groups in total. The van der Waals surface area contributed by atoms with E-state index in [1.807, 2.05) is 19.1 Å². The number of aromatic nitrogens is 1. The fourth-order valence-electron chi connectivity index (χ4n) is 1.79. The Kier molecular flexibility index (Phi) is 5.18. The molecule has 0 saturated carbocycles. The highest BCUT2D eigenvalue weighted by Crippen LogP contribution is 2.23. The largest absolute Gasteiger partial charge is 0.346 e. The second-order valence-corrected chi connectivity index (χ2v) is 7.89. The maximum atomic E-state index is 12.2. The third kappa shape index (κ3) is 4.04. The predicted molar refractivity (Wildman–Crippen MR) is 85.9 cm³/mol. The lowest BCUT2D eigenvalue weighted by Crippen LogP contribution is -2.22. The van der Waals surface area contributed by atoms with Crippen molar-refractivity contribution in [2.75, 3.05) is 0 Å². The monoisotopic (exact) mass is 328 g/mol. The summed E-state index contributed by atoms with van der Waals surface area (Å²) in [5.41, 5.74) is 0.812. The first-order valence-corrected chi connectivity index (χ1v) is 8.45. The van der Waals surface area contributed by atoms with E-state index in [0.29, 0.717) is 17.3 Å². The molecule has 0 radical (unpaired) electrons. The summed E-state index contributed by atoms with van der Waals surface area (Å²) in [6.45, 7) is 6.69. The van der Waals surface area contributed by atoms with Crippen molar-refractivity contribution in [1.82, 2.24) is 10.3 Å². The lowest BCUT2D eigenvalue weighted by Gasteiger charge is -2.01. The smallest absolute Gasteiger partial charge is 0.263 e. The Hall–Kier alpha value is -0.910. The van der Waals surface area contributed by atoms with E-state index in [0.717, 1.165) is 26.3 Å². The molecule has 0 aromatic carbocycles. The molecular weight excluding hydrogens is 312 g/mol. The topological polar surface area (TPSA) is 42.0 Å². The van der Waals surface area contributed by atoms with E-state index in [2.05, 4.69) is 24.1 Å². The summed E-state index contributed by atoms with van der Waals surface area (Å²) < 4.78 is 0.738. The maximum absolute atomic E-state index is 12.2. The number of rotatable bonds is 5. The van der Waals surface area contributed by atoms with Crippen molar-refractivity contribution in [2.45, 2.75) is 33.7 Å². The molecule has 0 atom stereocenters. The number of amides is 1. The molecule has 2 heterocycles. The lowest BCUT2D eigenvalue weighted by molar-refractivity contribution is 0.0954. The standard InChI is InChI=1S/C14H17ClN2OS2/c1-8(2)6-12-17-9(3)13(20-12)14(18)16-7-10-4-5-11(15)19-10/h4-5,8H,6-7H2,1-3H3,(H,16,18). The summed E-state index contributed by atoms with van der Waals surface area (Å²) in [5, 5.41) is 3.95. The van der Waals surface area contributed by atoms with Crippen molar-refractivity contribution in [3.8, 4) is 0 Å². The fraction of sp³-hybridized carbons (Fsp3) is 0.429. The van der Waals surface area contributed by atoms with Crippen LogP contribution in [0.5, 0.6) is 0 Å². The number of thiophene rings is 1. The molecule has 1 amide bonds. The molecule has 0 fully saturated rings. The number of nitrogens with zero attached hydrogens (tertiary/aromatic N) is 1. The van der Waals surface area contributed by atoms with Crippen molar-refractivity contribution >= 4 is 40.2 Å². The minimum absolute atomic E-state index is 0.0560. The molecule has 0 aliphatic carbocycles. The van der Waals surface area contributed by atoms with Gasteiger partial charge in [-0.25, -0.2) is 4.98 Å². The number of nitrogens with one attached hydrogen (secondary N) is 1. The SMILES string of the molecule is Cc1nc(CC(C)C)sc1C(=O)NCc1ccc(Cl)s1. The van der Waals surface area contributed by atoms with Gasteiger partial charge in [0.05, 0.1) is 21.6 Å². The highest BCUT2D eigenvalue weighted by Gasteiger charge is 2.15. The number of carbonyl (C=O) groups is 1. The molecule has 6 heteroatoms. The molecular formula is C14H17ClN2OS2. The Morgan fingerprint density at radius 1 is 1.40 bits per heavy atom. The first kappa shape index (κ1) is 15.5. The van der Waals surface area contributed by atoms with E-state index in [1.54, 1.807) is 0 Å². The van der Waals surface area contributed by atoms with Gasteiger partial charge < -0.3 is 5.32 Å². The van der Waals surface area contributed by atoms with Gasteiger partial charge in [-0.15, -0.1) is 22.7 Å². The number of hydrogen-bond donors (Lipinski definition) is 1. The Labute approximate surface area is 132 Å². The zero-order chi connectivity index (χ0) is 14.7. The van der Waals surface area contributed by atoms with Gasteiger partial charge in [0, 0.05) is 11.3 Å². The molecule has 0 saturated heterocycles. The molecule has 0 spiro atoms. The number of aryl methyl sites for hydroxylation is 1. The molecule has 0 bridgehead atoms. The summed E-state index contributed by atoms with van der Waals surface area (Å²) in [4.78, 5) is 18.4. The average Bonchev–Trinajstić information content (AvgIpc) is 2.92. The van der Waals surface area contributed by atoms with E-state index in [1.165, 1.54) is 22.7 Å². The van der Waals surface area contributed by atoms with Crippen LogP contribution in [0, 0.1) is 12.8 Å². The molecule has 2 aromatic rings. The maximum Gasteiger partial charge on any atom is 0.263 e. The van der Waals surface area contributed by atoms with Crippen LogP contribution >= 0.6 is 34.3 Å². The van der Waals surface area contributed by atoms with Gasteiger partial charge in [0.1, 0.15) is 4.88 Å². The van der Waals surface area contributed by atoms with E-state index in [4.69, 9.17) is 11.6 Å². The Balaban J connectivity index is 2.00. The minimum Gasteiger partial charge on any atom is -0.346 e. The van der Waals surface area contributed by atoms with E-state index in [-0.39, 0.29) is 5.91 Å². The first-order chi connectivity index (χ1) is 9.45. The Bertz CT molecular complexity index is 604. The highest BCUT2D eigenvalue weighted by atomic mass is 35.5. The van der Waals surface area contributed by atoms with Crippen LogP contribution in [0.15, 0.2) is 12.1 Å². The molecule has 20 heavy (non-hydrogen) atoms. The van der Waals surface area contributed by atoms with Gasteiger partial charge in [0.2, 0.25) is 0 Å². The number of carbonyl (C=O) groups excluding carboxylic acids is 1. The van der Waals surface area contributed by atoms with Gasteiger partial charge in [-0.05, 0) is 25.0 Å². The van der Waals surface area contributed by atoms with Gasteiger partial charge in [0.25, 0.3) is 5.91 Å². The van der Waals surface area contributed by atoms with Gasteiger partial charge >= 0.3 is 0 Å². The van der Waals surface area contributed by atoms with Crippen molar-refractivity contribution in [3.63, 3.8) is 0 Å². The van der Waals surface area contributed by atoms with Crippen LogP contribution in [0.4, 0.5) is 0 Å². The molecule has 0 unspecified atom stereocenters. The number of hydrogen-bond acceptors (Lipinski definition) is 4. The van der Waals surface area contributed by atoms with Crippen molar-refractivity contribution in [3.05, 3.63) is 36.9 Å². The third-order valence-electron chi connectivity index (χ3n) is 2.68. The van der Waals surface area contributed by atoms with Crippen molar-refractivity contribution in [2.24, 2.45) is 5.92 Å². The molecule has 3 nitrogen and oxygen atoms in total. The molecule has 0 aliphatic heterocycles. The average molecular weight is 329 g/mol. The Morgan fingerprint density at radius 2 is 2.15 bits per heavy atom. The summed E-state index contributed by atoms with van der Waals surface area (Å²) in [5.74, 6) is 0.490. The van der Waals surface area contributed by atoms with E-state index in [9.17, 15) is 4.79 Å². The van der Waals surface area contributed by atoms with Crippen LogP contribution in [-0.2, 0) is 13.0 Å². The van der Waals surface area contributed by atoms with Crippen LogP contribution in [0.2, 0.25) is 4.34 Å². The van der Waals surface area contributed by atoms with Crippen molar-refractivity contribution in [1.29, 1.82) is 0 Å². The molecule has 2 rings (SSSR count). The summed E-state index contributed by atoms with van der Waals surface area (Å²) >= 11 is 8.84. The zero-order valence-corrected chi connectivity index (χ0v) is 14.1. The van der Waals surface area contributed by atoms with Crippen LogP contribution in [0.25, 0.3) is 0 Å². The fourth-order valence-corrected chi connectivity index (χ4v) is 4.01. The Morgan fingerprint density at radius 3 is 2.75 bits per heavy atom. The van der Waals surface area contributed by atoms with Crippen LogP contribution in [0.3, 0.4) is 0 Å². The third-order valence-corrected chi connectivity index (χ3v) is 5.09. The van der Waals surface area contributed by atoms with E-state index >= 15 is 0 Å². The summed E-state index contributed by atoms with van der Waals surface area (Å²) in [6, 6.07) is 3.77. The van der Waals surface area contributed by atoms with Gasteiger partial charge in [-0.1, -0.05) is 25.4 Å². The normalized spacial score (nSPS) is 11.1. The minimum atomic E-state index is -0.0560. The van der Waals surface area contributed by atoms with Gasteiger partial charge in [0.15, 0.2) is 0 Å². The second kappa shape index (κ2) is 6.70. The zero-order valence-electron chi connectivity index (χ0n) is 11.7. The van der Waals surface area contributed by atoms with Crippen LogP contribution < -0.4 is 5.32 Å². The van der Waals surface area contributed by atoms with Gasteiger partial charge in [-0.2, -0.15) is 0 Å². The summed E-state index contributed by atoms with van der Waals surface area (Å²) in [7, 11) is 0. The molecule has 108 valence electrons. The quantitative estimate of drug-likeness (QED) is 0.889.